The highest BCUT2D eigenvalue weighted by Gasteiger charge is 2.42. The van der Waals surface area contributed by atoms with E-state index in [2.05, 4.69) is 0 Å². The second-order valence-corrected chi connectivity index (χ2v) is 8.67. The number of rotatable bonds is 11. The standard InChI is InChI=1S/C22H35NO8/c1-12(8-17(26)21(28)16(10-24)13-2-3-13)29-22-18(27)9-20(31-19(22)11-25)30-15-6-4-14(23)5-7-15/h4-7,12-13,16-22,24-28H,2-3,8-11,23H2,1H3/t12?,16?,17?,18?,19?,20?,21?,22-/m0/s1. The van der Waals surface area contributed by atoms with Gasteiger partial charge in [-0.1, -0.05) is 0 Å². The van der Waals surface area contributed by atoms with Crippen molar-refractivity contribution in [1.82, 2.24) is 0 Å². The molecule has 176 valence electrons. The number of nitrogen functional groups attached to an aromatic ring is 1. The molecule has 1 aliphatic heterocycles. The molecule has 9 nitrogen and oxygen atoms in total. The molecule has 0 bridgehead atoms. The maximum atomic E-state index is 10.6. The molecule has 0 spiro atoms. The Bertz CT molecular complexity index is 670. The van der Waals surface area contributed by atoms with Gasteiger partial charge in [-0.2, -0.15) is 0 Å². The zero-order valence-corrected chi connectivity index (χ0v) is 17.8. The molecule has 31 heavy (non-hydrogen) atoms. The molecule has 1 aromatic carbocycles. The van der Waals surface area contributed by atoms with Gasteiger partial charge in [-0.25, -0.2) is 0 Å². The van der Waals surface area contributed by atoms with Crippen LogP contribution in [0, 0.1) is 11.8 Å². The molecular weight excluding hydrogens is 406 g/mol. The number of benzene rings is 1. The summed E-state index contributed by atoms with van der Waals surface area (Å²) >= 11 is 0. The number of hydrogen-bond donors (Lipinski definition) is 6. The lowest BCUT2D eigenvalue weighted by Gasteiger charge is -2.40. The molecule has 3 rings (SSSR count). The van der Waals surface area contributed by atoms with Crippen LogP contribution in [-0.2, 0) is 9.47 Å². The smallest absolute Gasteiger partial charge is 0.202 e. The van der Waals surface area contributed by atoms with Crippen molar-refractivity contribution in [2.45, 2.75) is 75.5 Å². The normalized spacial score (nSPS) is 30.4. The molecule has 0 radical (unpaired) electrons. The lowest BCUT2D eigenvalue weighted by atomic mass is 9.91. The van der Waals surface area contributed by atoms with E-state index in [1.165, 1.54) is 0 Å². The van der Waals surface area contributed by atoms with Gasteiger partial charge in [-0.3, -0.25) is 0 Å². The Balaban J connectivity index is 1.52. The number of hydrogen-bond acceptors (Lipinski definition) is 9. The first-order chi connectivity index (χ1) is 14.8. The number of aliphatic hydroxyl groups is 5. The predicted molar refractivity (Wildman–Crippen MR) is 112 cm³/mol. The average molecular weight is 442 g/mol. The van der Waals surface area contributed by atoms with E-state index >= 15 is 0 Å². The number of aliphatic hydroxyl groups excluding tert-OH is 5. The lowest BCUT2D eigenvalue weighted by molar-refractivity contribution is -0.251. The lowest BCUT2D eigenvalue weighted by Crippen LogP contribution is -2.53. The van der Waals surface area contributed by atoms with Crippen molar-refractivity contribution >= 4 is 5.69 Å². The Morgan fingerprint density at radius 3 is 2.42 bits per heavy atom. The Labute approximate surface area is 182 Å². The minimum atomic E-state index is -1.07. The van der Waals surface area contributed by atoms with Crippen molar-refractivity contribution in [2.24, 2.45) is 11.8 Å². The molecule has 0 aromatic heterocycles. The molecule has 1 heterocycles. The fourth-order valence-corrected chi connectivity index (χ4v) is 4.16. The maximum absolute atomic E-state index is 10.6. The molecule has 0 amide bonds. The summed E-state index contributed by atoms with van der Waals surface area (Å²) in [6.07, 6.45) is -3.81. The highest BCUT2D eigenvalue weighted by atomic mass is 16.7. The first-order valence-electron chi connectivity index (χ1n) is 10.9. The van der Waals surface area contributed by atoms with Gasteiger partial charge in [-0.15, -0.1) is 0 Å². The summed E-state index contributed by atoms with van der Waals surface area (Å²) in [7, 11) is 0. The molecule has 9 heteroatoms. The Morgan fingerprint density at radius 2 is 1.84 bits per heavy atom. The van der Waals surface area contributed by atoms with Crippen LogP contribution in [0.25, 0.3) is 0 Å². The van der Waals surface area contributed by atoms with Crippen LogP contribution in [-0.4, -0.2) is 81.7 Å². The van der Waals surface area contributed by atoms with E-state index in [-0.39, 0.29) is 37.9 Å². The Hall–Kier alpha value is -1.46. The van der Waals surface area contributed by atoms with Crippen LogP contribution in [0.2, 0.25) is 0 Å². The predicted octanol–water partition coefficient (Wildman–Crippen LogP) is 0.0199. The third kappa shape index (κ3) is 6.52. The third-order valence-corrected chi connectivity index (χ3v) is 6.07. The second-order valence-electron chi connectivity index (χ2n) is 8.67. The van der Waals surface area contributed by atoms with Gasteiger partial charge in [0.05, 0.1) is 31.0 Å². The van der Waals surface area contributed by atoms with E-state index in [9.17, 15) is 25.5 Å². The fraction of sp³-hybridized carbons (Fsp3) is 0.727. The van der Waals surface area contributed by atoms with Crippen molar-refractivity contribution < 1.29 is 39.7 Å². The van der Waals surface area contributed by atoms with Crippen molar-refractivity contribution in [1.29, 1.82) is 0 Å². The van der Waals surface area contributed by atoms with Crippen LogP contribution >= 0.6 is 0 Å². The van der Waals surface area contributed by atoms with Crippen LogP contribution in [0.4, 0.5) is 5.69 Å². The minimum Gasteiger partial charge on any atom is -0.465 e. The Morgan fingerprint density at radius 1 is 1.16 bits per heavy atom. The quantitative estimate of drug-likeness (QED) is 0.261. The summed E-state index contributed by atoms with van der Waals surface area (Å²) in [5.74, 6) is 0.431. The molecule has 1 aliphatic carbocycles. The summed E-state index contributed by atoms with van der Waals surface area (Å²) in [6.45, 7) is 1.17. The number of ether oxygens (including phenoxy) is 3. The van der Waals surface area contributed by atoms with Gasteiger partial charge in [0.2, 0.25) is 6.29 Å². The van der Waals surface area contributed by atoms with Crippen LogP contribution in [0.3, 0.4) is 0 Å². The molecule has 1 saturated heterocycles. The first-order valence-corrected chi connectivity index (χ1v) is 10.9. The van der Waals surface area contributed by atoms with Gasteiger partial charge >= 0.3 is 0 Å². The van der Waals surface area contributed by atoms with Gasteiger partial charge in [-0.05, 0) is 49.9 Å². The zero-order valence-electron chi connectivity index (χ0n) is 17.8. The van der Waals surface area contributed by atoms with Gasteiger partial charge in [0.15, 0.2) is 0 Å². The number of nitrogens with two attached hydrogens (primary N) is 1. The summed E-state index contributed by atoms with van der Waals surface area (Å²) in [6, 6.07) is 6.77. The molecule has 1 saturated carbocycles. The largest absolute Gasteiger partial charge is 0.465 e. The Kier molecular flexibility index (Phi) is 8.51. The molecule has 2 aliphatic rings. The first kappa shape index (κ1) is 24.2. The van der Waals surface area contributed by atoms with Gasteiger partial charge in [0.25, 0.3) is 0 Å². The fourth-order valence-electron chi connectivity index (χ4n) is 4.16. The topological polar surface area (TPSA) is 155 Å². The monoisotopic (exact) mass is 441 g/mol. The SMILES string of the molecule is CC(CC(O)C(O)C(CO)C1CC1)O[C@H]1C(O)CC(Oc2ccc(N)cc2)OC1CO. The van der Waals surface area contributed by atoms with E-state index in [0.29, 0.717) is 11.4 Å². The third-order valence-electron chi connectivity index (χ3n) is 6.07. The van der Waals surface area contributed by atoms with E-state index in [0.717, 1.165) is 12.8 Å². The molecule has 8 atom stereocenters. The summed E-state index contributed by atoms with van der Waals surface area (Å²) in [4.78, 5) is 0. The molecule has 1 aromatic rings. The number of anilines is 1. The zero-order chi connectivity index (χ0) is 22.5. The summed E-state index contributed by atoms with van der Waals surface area (Å²) in [5, 5.41) is 50.6. The van der Waals surface area contributed by atoms with E-state index < -0.39 is 42.9 Å². The molecular formula is C22H35NO8. The van der Waals surface area contributed by atoms with Crippen LogP contribution < -0.4 is 10.5 Å². The molecule has 7 N–H and O–H groups in total. The van der Waals surface area contributed by atoms with Crippen molar-refractivity contribution in [2.75, 3.05) is 18.9 Å². The van der Waals surface area contributed by atoms with Crippen molar-refractivity contribution in [3.05, 3.63) is 24.3 Å². The highest BCUT2D eigenvalue weighted by Crippen LogP contribution is 2.39. The molecule has 2 fully saturated rings. The summed E-state index contributed by atoms with van der Waals surface area (Å²) in [5.41, 5.74) is 6.26. The average Bonchev–Trinajstić information content (AvgIpc) is 3.57. The minimum absolute atomic E-state index is 0.122. The van der Waals surface area contributed by atoms with Crippen molar-refractivity contribution in [3.8, 4) is 5.75 Å². The maximum Gasteiger partial charge on any atom is 0.202 e. The van der Waals surface area contributed by atoms with E-state index in [1.54, 1.807) is 31.2 Å². The van der Waals surface area contributed by atoms with Crippen LogP contribution in [0.1, 0.15) is 32.6 Å². The van der Waals surface area contributed by atoms with Crippen LogP contribution in [0.15, 0.2) is 24.3 Å². The van der Waals surface area contributed by atoms with Gasteiger partial charge in [0, 0.05) is 31.1 Å². The van der Waals surface area contributed by atoms with E-state index in [1.807, 2.05) is 0 Å². The highest BCUT2D eigenvalue weighted by molar-refractivity contribution is 5.41. The molecule has 7 unspecified atom stereocenters. The summed E-state index contributed by atoms with van der Waals surface area (Å²) < 4.78 is 17.4. The van der Waals surface area contributed by atoms with Gasteiger partial charge in [0.1, 0.15) is 18.0 Å². The second kappa shape index (κ2) is 10.9. The van der Waals surface area contributed by atoms with Crippen molar-refractivity contribution in [3.63, 3.8) is 0 Å². The van der Waals surface area contributed by atoms with Crippen LogP contribution in [0.5, 0.6) is 5.75 Å². The van der Waals surface area contributed by atoms with E-state index in [4.69, 9.17) is 19.9 Å². The van der Waals surface area contributed by atoms with Gasteiger partial charge < -0.3 is 45.5 Å².